The minimum atomic E-state index is -0.729. The smallest absolute Gasteiger partial charge is 0.338 e. The zero-order chi connectivity index (χ0) is 40.3. The van der Waals surface area contributed by atoms with Crippen molar-refractivity contribution in [3.63, 3.8) is 0 Å². The van der Waals surface area contributed by atoms with Gasteiger partial charge < -0.3 is 18.9 Å². The average Bonchev–Trinajstić information content (AvgIpc) is 3.86. The van der Waals surface area contributed by atoms with Crippen molar-refractivity contribution in [3.8, 4) is 11.5 Å². The lowest BCUT2D eigenvalue weighted by Gasteiger charge is -2.40. The van der Waals surface area contributed by atoms with Gasteiger partial charge in [0.25, 0.3) is 5.91 Å². The molecule has 0 fully saturated rings. The summed E-state index contributed by atoms with van der Waals surface area (Å²) < 4.78 is 28.1. The third kappa shape index (κ3) is 6.51. The Balaban J connectivity index is 1.23. The first-order valence-electron chi connectivity index (χ1n) is 18.5. The maximum Gasteiger partial charge on any atom is 0.338 e. The predicted molar refractivity (Wildman–Crippen MR) is 207 cm³/mol. The fraction of sp³-hybridized carbons (Fsp3) is 0.425. The molecule has 5 heterocycles. The quantitative estimate of drug-likeness (QED) is 0.125. The molecule has 5 aromatic rings. The number of ether oxygens (including phenoxy) is 4. The van der Waals surface area contributed by atoms with Crippen LogP contribution in [0.15, 0.2) is 42.5 Å². The number of nitrogens with zero attached hydrogens (tertiary/aromatic N) is 6. The topological polar surface area (TPSA) is 183 Å². The van der Waals surface area contributed by atoms with Gasteiger partial charge in [-0.05, 0) is 57.5 Å². The molecule has 0 radical (unpaired) electrons. The summed E-state index contributed by atoms with van der Waals surface area (Å²) in [5.41, 5.74) is 2.51. The minimum absolute atomic E-state index is 0.169. The van der Waals surface area contributed by atoms with E-state index in [1.807, 2.05) is 50.7 Å². The van der Waals surface area contributed by atoms with Gasteiger partial charge in [0.15, 0.2) is 0 Å². The number of hydrogen-bond acceptors (Lipinski definition) is 11. The molecule has 0 spiro atoms. The summed E-state index contributed by atoms with van der Waals surface area (Å²) in [6, 6.07) is 7.96. The number of benzene rings is 2. The second-order valence-electron chi connectivity index (χ2n) is 15.5. The number of aryl methyl sites for hydroxylation is 2. The molecule has 0 bridgehead atoms. The number of nitrogens with one attached hydrogen (secondary N) is 2. The van der Waals surface area contributed by atoms with Crippen LogP contribution in [0.3, 0.4) is 0 Å². The average molecular weight is 767 g/mol. The first kappa shape index (κ1) is 38.1. The Bertz CT molecular complexity index is 2450. The number of imidazole rings is 2. The van der Waals surface area contributed by atoms with Crippen LogP contribution in [-0.4, -0.2) is 80.1 Å². The van der Waals surface area contributed by atoms with E-state index >= 15 is 0 Å². The Labute approximate surface area is 323 Å². The molecular formula is C40H46N8O8. The monoisotopic (exact) mass is 766 g/mol. The van der Waals surface area contributed by atoms with Crippen LogP contribution in [-0.2, 0) is 26.4 Å². The number of amides is 2. The molecule has 0 aliphatic carbocycles. The molecule has 2 aliphatic rings. The standard InChI is InChI=1S/C40H46N8O8/c1-10-46-28(14-22(3)45-46)33(49)43-37-41-26-15-23(34(50)53-8)17-29-31(26)47(37)25(19-55-29)13-11-12-21(2)40(7)20-56-30-18-24(35(51)54-9)16-27-32(30)48(40)38(42-27)44-36(52)39(4,5)6/h11-12,14-18,21,25H,10,13,19-20H2,1-9H3,(H,41,43,49)(H,42,44,52)/b12-11+/t21?,25-,40-/m0/s1. The Kier molecular flexibility index (Phi) is 9.62. The van der Waals surface area contributed by atoms with Crippen LogP contribution in [0.1, 0.15) is 90.9 Å². The molecule has 16 nitrogen and oxygen atoms in total. The van der Waals surface area contributed by atoms with Crippen molar-refractivity contribution in [3.05, 3.63) is 65.0 Å². The van der Waals surface area contributed by atoms with Gasteiger partial charge in [0.1, 0.15) is 41.4 Å². The van der Waals surface area contributed by atoms with Crippen LogP contribution in [0.4, 0.5) is 11.9 Å². The van der Waals surface area contributed by atoms with Gasteiger partial charge in [-0.1, -0.05) is 39.8 Å². The molecule has 2 amide bonds. The van der Waals surface area contributed by atoms with Crippen molar-refractivity contribution in [2.75, 3.05) is 38.1 Å². The van der Waals surface area contributed by atoms with E-state index in [2.05, 4.69) is 34.8 Å². The highest BCUT2D eigenvalue weighted by molar-refractivity contribution is 6.04. The molecule has 0 saturated carbocycles. The zero-order valence-corrected chi connectivity index (χ0v) is 33.0. The lowest BCUT2D eigenvalue weighted by atomic mass is 9.85. The molecule has 0 saturated heterocycles. The normalized spacial score (nSPS) is 18.1. The number of aromatic nitrogens is 6. The molecule has 3 atom stereocenters. The van der Waals surface area contributed by atoms with E-state index in [0.717, 1.165) is 0 Å². The molecule has 2 aromatic carbocycles. The second-order valence-corrected chi connectivity index (χ2v) is 15.5. The van der Waals surface area contributed by atoms with Gasteiger partial charge in [-0.3, -0.25) is 34.0 Å². The third-order valence-electron chi connectivity index (χ3n) is 10.5. The van der Waals surface area contributed by atoms with E-state index in [1.165, 1.54) is 14.2 Å². The maximum atomic E-state index is 13.6. The van der Waals surface area contributed by atoms with Crippen molar-refractivity contribution in [1.29, 1.82) is 0 Å². The first-order chi connectivity index (χ1) is 26.6. The van der Waals surface area contributed by atoms with Crippen LogP contribution >= 0.6 is 0 Å². The molecule has 3 aromatic heterocycles. The Morgan fingerprint density at radius 1 is 0.946 bits per heavy atom. The number of esters is 2. The predicted octanol–water partition coefficient (Wildman–Crippen LogP) is 6.04. The summed E-state index contributed by atoms with van der Waals surface area (Å²) in [5, 5.41) is 10.4. The highest BCUT2D eigenvalue weighted by atomic mass is 16.5. The Morgan fingerprint density at radius 3 is 2.20 bits per heavy atom. The number of carbonyl (C=O) groups is 4. The van der Waals surface area contributed by atoms with Crippen molar-refractivity contribution < 1.29 is 38.1 Å². The number of methoxy groups -OCH3 is 2. The van der Waals surface area contributed by atoms with E-state index < -0.39 is 22.9 Å². The number of allylic oxidation sites excluding steroid dienone is 2. The third-order valence-corrected chi connectivity index (χ3v) is 10.5. The zero-order valence-electron chi connectivity index (χ0n) is 33.0. The van der Waals surface area contributed by atoms with Crippen LogP contribution in [0.2, 0.25) is 0 Å². The van der Waals surface area contributed by atoms with Crippen LogP contribution in [0.5, 0.6) is 11.5 Å². The van der Waals surface area contributed by atoms with Crippen LogP contribution in [0.25, 0.3) is 22.1 Å². The fourth-order valence-electron chi connectivity index (χ4n) is 7.21. The van der Waals surface area contributed by atoms with Gasteiger partial charge in [0.2, 0.25) is 17.8 Å². The fourth-order valence-corrected chi connectivity index (χ4v) is 7.21. The first-order valence-corrected chi connectivity index (χ1v) is 18.5. The number of anilines is 2. The molecular weight excluding hydrogens is 720 g/mol. The van der Waals surface area contributed by atoms with Crippen molar-refractivity contribution in [2.24, 2.45) is 11.3 Å². The largest absolute Gasteiger partial charge is 0.489 e. The van der Waals surface area contributed by atoms with Gasteiger partial charge in [-0.25, -0.2) is 19.6 Å². The van der Waals surface area contributed by atoms with E-state index in [-0.39, 0.29) is 48.1 Å². The lowest BCUT2D eigenvalue weighted by Crippen LogP contribution is -2.45. The van der Waals surface area contributed by atoms with Crippen molar-refractivity contribution in [1.82, 2.24) is 28.9 Å². The van der Waals surface area contributed by atoms with Gasteiger partial charge in [-0.2, -0.15) is 5.10 Å². The molecule has 2 aliphatic heterocycles. The Morgan fingerprint density at radius 2 is 1.57 bits per heavy atom. The molecule has 7 rings (SSSR count). The molecule has 2 N–H and O–H groups in total. The Hall–Kier alpha value is -6.19. The highest BCUT2D eigenvalue weighted by Crippen LogP contribution is 2.44. The van der Waals surface area contributed by atoms with Gasteiger partial charge >= 0.3 is 11.9 Å². The maximum absolute atomic E-state index is 13.6. The summed E-state index contributed by atoms with van der Waals surface area (Å²) in [4.78, 5) is 61.5. The van der Waals surface area contributed by atoms with Crippen LogP contribution < -0.4 is 20.1 Å². The lowest BCUT2D eigenvalue weighted by molar-refractivity contribution is -0.123. The molecule has 16 heteroatoms. The van der Waals surface area contributed by atoms with E-state index in [4.69, 9.17) is 28.9 Å². The van der Waals surface area contributed by atoms with Crippen LogP contribution in [0, 0.1) is 18.3 Å². The minimum Gasteiger partial charge on any atom is -0.489 e. The van der Waals surface area contributed by atoms with Gasteiger partial charge in [-0.15, -0.1) is 0 Å². The molecule has 294 valence electrons. The summed E-state index contributed by atoms with van der Waals surface area (Å²) in [6.45, 7) is 14.3. The van der Waals surface area contributed by atoms with Gasteiger partial charge in [0, 0.05) is 17.9 Å². The number of carbonyl (C=O) groups excluding carboxylic acids is 4. The van der Waals surface area contributed by atoms with E-state index in [9.17, 15) is 19.2 Å². The van der Waals surface area contributed by atoms with Gasteiger partial charge in [0.05, 0.1) is 53.7 Å². The summed E-state index contributed by atoms with van der Waals surface area (Å²) in [6.07, 6.45) is 4.64. The highest BCUT2D eigenvalue weighted by Gasteiger charge is 2.42. The molecule has 1 unspecified atom stereocenters. The second kappa shape index (κ2) is 14.1. The van der Waals surface area contributed by atoms with Crippen molar-refractivity contribution >= 4 is 57.7 Å². The number of hydrogen-bond donors (Lipinski definition) is 2. The SMILES string of the molecule is CCn1nc(C)cc1C(=O)Nc1nc2cc(C(=O)OC)cc3c2n1[C@@H](C/C=C/C(C)[C@]1(C)COc2cc(C(=O)OC)cc4nc(NC(=O)C(C)(C)C)n1c24)CO3. The van der Waals surface area contributed by atoms with E-state index in [1.54, 1.807) is 35.0 Å². The van der Waals surface area contributed by atoms with Crippen molar-refractivity contribution in [2.45, 2.75) is 73.0 Å². The summed E-state index contributed by atoms with van der Waals surface area (Å²) in [5.74, 6) is -0.236. The van der Waals surface area contributed by atoms with E-state index in [0.29, 0.717) is 69.8 Å². The number of rotatable bonds is 10. The summed E-state index contributed by atoms with van der Waals surface area (Å²) >= 11 is 0. The molecule has 56 heavy (non-hydrogen) atoms. The summed E-state index contributed by atoms with van der Waals surface area (Å²) in [7, 11) is 2.62.